The van der Waals surface area contributed by atoms with Gasteiger partial charge in [0.05, 0.1) is 7.11 Å². The molecule has 2 aromatic rings. The highest BCUT2D eigenvalue weighted by Crippen LogP contribution is 2.31. The quantitative estimate of drug-likeness (QED) is 0.857. The summed E-state index contributed by atoms with van der Waals surface area (Å²) >= 11 is 0. The lowest BCUT2D eigenvalue weighted by atomic mass is 9.96. The van der Waals surface area contributed by atoms with E-state index in [1.165, 1.54) is 0 Å². The number of fused-ring (bicyclic) bond motifs is 1. The van der Waals surface area contributed by atoms with Crippen LogP contribution in [0.1, 0.15) is 24.4 Å². The molecular weight excluding hydrogens is 242 g/mol. The van der Waals surface area contributed by atoms with Crippen molar-refractivity contribution in [3.63, 3.8) is 0 Å². The molecule has 0 unspecified atom stereocenters. The molecule has 4 heteroatoms. The van der Waals surface area contributed by atoms with Crippen LogP contribution >= 0.6 is 0 Å². The molecule has 0 aliphatic carbocycles. The molecule has 0 aliphatic heterocycles. The van der Waals surface area contributed by atoms with Gasteiger partial charge in [0.1, 0.15) is 11.8 Å². The summed E-state index contributed by atoms with van der Waals surface area (Å²) in [6.45, 7) is 0. The Kier molecular flexibility index (Phi) is 4.02. The summed E-state index contributed by atoms with van der Waals surface area (Å²) in [5.41, 5.74) is 5.09. The molecule has 0 amide bonds. The molecule has 4 nitrogen and oxygen atoms in total. The van der Waals surface area contributed by atoms with Crippen molar-refractivity contribution in [2.24, 2.45) is 0 Å². The second kappa shape index (κ2) is 5.71. The Morgan fingerprint density at radius 1 is 1.26 bits per heavy atom. The van der Waals surface area contributed by atoms with E-state index in [-0.39, 0.29) is 12.5 Å². The van der Waals surface area contributed by atoms with E-state index in [2.05, 4.69) is 5.73 Å². The first kappa shape index (κ1) is 13.4. The third-order valence-electron chi connectivity index (χ3n) is 3.27. The number of ether oxygens (including phenoxy) is 1. The first-order valence-electron chi connectivity index (χ1n) is 6.22. The van der Waals surface area contributed by atoms with Gasteiger partial charge in [0.2, 0.25) is 0 Å². The average molecular weight is 259 g/mol. The third-order valence-corrected chi connectivity index (χ3v) is 3.27. The minimum Gasteiger partial charge on any atom is -0.550 e. The number of carboxylic acid groups (broad SMARTS) is 1. The molecule has 0 aromatic heterocycles. The zero-order valence-electron chi connectivity index (χ0n) is 10.9. The fourth-order valence-electron chi connectivity index (χ4n) is 2.28. The van der Waals surface area contributed by atoms with Crippen molar-refractivity contribution < 1.29 is 20.4 Å². The molecular formula is C15H17NO3. The van der Waals surface area contributed by atoms with Gasteiger partial charge in [-0.05, 0) is 23.9 Å². The van der Waals surface area contributed by atoms with Crippen molar-refractivity contribution in [1.82, 2.24) is 0 Å². The van der Waals surface area contributed by atoms with Crippen molar-refractivity contribution in [3.8, 4) is 5.75 Å². The first-order chi connectivity index (χ1) is 9.13. The van der Waals surface area contributed by atoms with Gasteiger partial charge in [-0.25, -0.2) is 0 Å². The molecule has 2 aromatic carbocycles. The van der Waals surface area contributed by atoms with E-state index in [0.29, 0.717) is 6.42 Å². The van der Waals surface area contributed by atoms with Crippen LogP contribution in [0.2, 0.25) is 0 Å². The Balaban J connectivity index is 2.41. The van der Waals surface area contributed by atoms with E-state index in [4.69, 9.17) is 4.74 Å². The Morgan fingerprint density at radius 2 is 1.95 bits per heavy atom. The van der Waals surface area contributed by atoms with Crippen molar-refractivity contribution in [1.29, 1.82) is 0 Å². The molecule has 0 spiro atoms. The maximum absolute atomic E-state index is 10.5. The number of carboxylic acids is 1. The number of methoxy groups -OCH3 is 1. The predicted molar refractivity (Wildman–Crippen MR) is 70.4 cm³/mol. The standard InChI is InChI=1S/C15H17NO3/c1-19-14-8-6-11(13(16)7-9-15(17)18)10-4-2-3-5-12(10)14/h2-6,8,13H,7,9,16H2,1H3,(H,17,18)/t13-/m0/s1. The summed E-state index contributed by atoms with van der Waals surface area (Å²) in [5.74, 6) is -0.224. The largest absolute Gasteiger partial charge is 0.550 e. The van der Waals surface area contributed by atoms with Crippen LogP contribution in [0, 0.1) is 0 Å². The number of carbonyl (C=O) groups excluding carboxylic acids is 1. The van der Waals surface area contributed by atoms with Gasteiger partial charge >= 0.3 is 0 Å². The normalized spacial score (nSPS) is 12.3. The number of carbonyl (C=O) groups is 1. The maximum Gasteiger partial charge on any atom is 0.126 e. The maximum atomic E-state index is 10.5. The Morgan fingerprint density at radius 3 is 2.58 bits per heavy atom. The Hall–Kier alpha value is -2.07. The minimum absolute atomic E-state index is 0.0223. The third kappa shape index (κ3) is 2.85. The van der Waals surface area contributed by atoms with Crippen molar-refractivity contribution in [3.05, 3.63) is 42.0 Å². The lowest BCUT2D eigenvalue weighted by molar-refractivity contribution is -0.428. The first-order valence-corrected chi connectivity index (χ1v) is 6.22. The summed E-state index contributed by atoms with van der Waals surface area (Å²) in [6.07, 6.45) is 0.493. The monoisotopic (exact) mass is 259 g/mol. The van der Waals surface area contributed by atoms with Crippen molar-refractivity contribution in [2.75, 3.05) is 7.11 Å². The van der Waals surface area contributed by atoms with Crippen molar-refractivity contribution in [2.45, 2.75) is 18.9 Å². The summed E-state index contributed by atoms with van der Waals surface area (Å²) < 4.78 is 5.34. The van der Waals surface area contributed by atoms with E-state index in [9.17, 15) is 9.90 Å². The fourth-order valence-corrected chi connectivity index (χ4v) is 2.28. The molecule has 0 aliphatic rings. The average Bonchev–Trinajstić information content (AvgIpc) is 2.43. The summed E-state index contributed by atoms with van der Waals surface area (Å²) in [7, 11) is 1.64. The predicted octanol–water partition coefficient (Wildman–Crippen LogP) is 0.662. The van der Waals surface area contributed by atoms with Crippen LogP contribution < -0.4 is 15.6 Å². The molecule has 0 heterocycles. The zero-order chi connectivity index (χ0) is 13.8. The van der Waals surface area contributed by atoms with Crippen LogP contribution in [-0.2, 0) is 4.79 Å². The number of quaternary nitrogens is 1. The van der Waals surface area contributed by atoms with Gasteiger partial charge in [-0.2, -0.15) is 0 Å². The number of rotatable bonds is 5. The molecule has 2 rings (SSSR count). The molecule has 3 N–H and O–H groups in total. The lowest BCUT2D eigenvalue weighted by Gasteiger charge is -2.14. The molecule has 0 saturated carbocycles. The Bertz CT molecular complexity index is 595. The van der Waals surface area contributed by atoms with Gasteiger partial charge in [0.15, 0.2) is 0 Å². The summed E-state index contributed by atoms with van der Waals surface area (Å²) in [5, 5.41) is 12.6. The van der Waals surface area contributed by atoms with Crippen LogP contribution in [-0.4, -0.2) is 13.1 Å². The molecule has 19 heavy (non-hydrogen) atoms. The molecule has 0 fully saturated rings. The Labute approximate surface area is 111 Å². The van der Waals surface area contributed by atoms with E-state index in [1.54, 1.807) is 7.11 Å². The number of benzene rings is 2. The van der Waals surface area contributed by atoms with Crippen LogP contribution in [0.15, 0.2) is 36.4 Å². The van der Waals surface area contributed by atoms with Gasteiger partial charge in [-0.3, -0.25) is 0 Å². The van der Waals surface area contributed by atoms with E-state index in [1.807, 2.05) is 36.4 Å². The number of hydrogen-bond donors (Lipinski definition) is 1. The highest BCUT2D eigenvalue weighted by Gasteiger charge is 2.14. The SMILES string of the molecule is COc1ccc([C@@H]([NH3+])CCC(=O)[O-])c2ccccc12. The van der Waals surface area contributed by atoms with Gasteiger partial charge in [0, 0.05) is 23.3 Å². The summed E-state index contributed by atoms with van der Waals surface area (Å²) in [6, 6.07) is 11.7. The lowest BCUT2D eigenvalue weighted by Crippen LogP contribution is -2.53. The highest BCUT2D eigenvalue weighted by molar-refractivity contribution is 5.91. The second-order valence-corrected chi connectivity index (χ2v) is 4.51. The summed E-state index contributed by atoms with van der Waals surface area (Å²) in [4.78, 5) is 10.5. The molecule has 0 bridgehead atoms. The van der Waals surface area contributed by atoms with Crippen molar-refractivity contribution >= 4 is 16.7 Å². The smallest absolute Gasteiger partial charge is 0.126 e. The van der Waals surface area contributed by atoms with Gasteiger partial charge < -0.3 is 20.4 Å². The molecule has 1 atom stereocenters. The number of hydrogen-bond acceptors (Lipinski definition) is 3. The molecule has 0 saturated heterocycles. The van der Waals surface area contributed by atoms with Gasteiger partial charge in [-0.15, -0.1) is 0 Å². The second-order valence-electron chi connectivity index (χ2n) is 4.51. The minimum atomic E-state index is -1.04. The van der Waals surface area contributed by atoms with Gasteiger partial charge in [0.25, 0.3) is 0 Å². The fraction of sp³-hybridized carbons (Fsp3) is 0.267. The van der Waals surface area contributed by atoms with E-state index in [0.717, 1.165) is 22.1 Å². The van der Waals surface area contributed by atoms with Crippen LogP contribution in [0.5, 0.6) is 5.75 Å². The van der Waals surface area contributed by atoms with Crippen LogP contribution in [0.25, 0.3) is 10.8 Å². The van der Waals surface area contributed by atoms with Gasteiger partial charge in [-0.1, -0.05) is 24.3 Å². The van der Waals surface area contributed by atoms with Crippen LogP contribution in [0.4, 0.5) is 0 Å². The van der Waals surface area contributed by atoms with Crippen LogP contribution in [0.3, 0.4) is 0 Å². The topological polar surface area (TPSA) is 77.0 Å². The zero-order valence-corrected chi connectivity index (χ0v) is 10.9. The highest BCUT2D eigenvalue weighted by atomic mass is 16.5. The molecule has 0 radical (unpaired) electrons. The van der Waals surface area contributed by atoms with E-state index < -0.39 is 5.97 Å². The molecule has 100 valence electrons. The number of aliphatic carboxylic acids is 1. The van der Waals surface area contributed by atoms with E-state index >= 15 is 0 Å².